The van der Waals surface area contributed by atoms with E-state index in [9.17, 15) is 4.79 Å². The van der Waals surface area contributed by atoms with Crippen LogP contribution in [0.4, 0.5) is 0 Å². The van der Waals surface area contributed by atoms with Crippen LogP contribution in [0.3, 0.4) is 0 Å². The maximum absolute atomic E-state index is 12.2. The molecule has 0 aliphatic rings. The molecule has 0 saturated heterocycles. The van der Waals surface area contributed by atoms with Gasteiger partial charge in [0.25, 0.3) is 5.91 Å². The third kappa shape index (κ3) is 6.37. The molecule has 1 rings (SSSR count). The largest absolute Gasteiger partial charge is 0.350 e. The summed E-state index contributed by atoms with van der Waals surface area (Å²) in [6.07, 6.45) is 2.04. The van der Waals surface area contributed by atoms with Crippen molar-refractivity contribution in [3.05, 3.63) is 33.3 Å². The second-order valence-electron chi connectivity index (χ2n) is 5.17. The Morgan fingerprint density at radius 2 is 2.05 bits per heavy atom. The Balaban J connectivity index is 2.45. The fraction of sp³-hybridized carbons (Fsp3) is 0.562. The number of carbonyl (C=O) groups is 1. The van der Waals surface area contributed by atoms with Gasteiger partial charge in [0, 0.05) is 10.5 Å². The first kappa shape index (κ1) is 18.5. The van der Waals surface area contributed by atoms with Crippen molar-refractivity contribution in [1.29, 1.82) is 0 Å². The molecule has 0 saturated carbocycles. The number of rotatable bonds is 8. The van der Waals surface area contributed by atoms with E-state index in [0.717, 1.165) is 36.9 Å². The number of nitrogens with one attached hydrogen (secondary N) is 1. The molecule has 0 spiro atoms. The van der Waals surface area contributed by atoms with Crippen LogP contribution in [-0.4, -0.2) is 36.5 Å². The minimum Gasteiger partial charge on any atom is -0.350 e. The molecule has 5 heteroatoms. The summed E-state index contributed by atoms with van der Waals surface area (Å²) in [5.41, 5.74) is 0.515. The van der Waals surface area contributed by atoms with Gasteiger partial charge in [0.1, 0.15) is 0 Å². The van der Waals surface area contributed by atoms with Gasteiger partial charge in [-0.3, -0.25) is 4.79 Å². The van der Waals surface area contributed by atoms with Crippen molar-refractivity contribution in [2.24, 2.45) is 0 Å². The van der Waals surface area contributed by atoms with E-state index in [-0.39, 0.29) is 11.9 Å². The van der Waals surface area contributed by atoms with Gasteiger partial charge in [-0.2, -0.15) is 0 Å². The van der Waals surface area contributed by atoms with E-state index in [4.69, 9.17) is 11.6 Å². The summed E-state index contributed by atoms with van der Waals surface area (Å²) in [5.74, 6) is -0.114. The number of hydrogen-bond donors (Lipinski definition) is 1. The molecule has 1 atom stereocenters. The van der Waals surface area contributed by atoms with Gasteiger partial charge in [-0.05, 0) is 57.6 Å². The Morgan fingerprint density at radius 3 is 2.67 bits per heavy atom. The van der Waals surface area contributed by atoms with E-state index in [2.05, 4.69) is 40.0 Å². The maximum Gasteiger partial charge on any atom is 0.253 e. The van der Waals surface area contributed by atoms with E-state index in [1.807, 2.05) is 13.0 Å². The van der Waals surface area contributed by atoms with Crippen LogP contribution in [0.5, 0.6) is 0 Å². The van der Waals surface area contributed by atoms with Gasteiger partial charge in [-0.1, -0.05) is 41.4 Å². The van der Waals surface area contributed by atoms with Gasteiger partial charge >= 0.3 is 0 Å². The summed E-state index contributed by atoms with van der Waals surface area (Å²) in [4.78, 5) is 14.6. The molecule has 0 radical (unpaired) electrons. The Kier molecular flexibility index (Phi) is 8.30. The zero-order valence-corrected chi connectivity index (χ0v) is 15.3. The van der Waals surface area contributed by atoms with Crippen molar-refractivity contribution >= 4 is 33.4 Å². The summed E-state index contributed by atoms with van der Waals surface area (Å²) < 4.78 is 0.853. The minimum atomic E-state index is -0.114. The van der Waals surface area contributed by atoms with Crippen LogP contribution < -0.4 is 5.32 Å². The number of carbonyl (C=O) groups excluding carboxylic acids is 1. The van der Waals surface area contributed by atoms with Crippen LogP contribution >= 0.6 is 27.5 Å². The van der Waals surface area contributed by atoms with Gasteiger partial charge in [0.05, 0.1) is 10.6 Å². The number of benzene rings is 1. The molecule has 1 N–H and O–H groups in total. The zero-order chi connectivity index (χ0) is 15.8. The van der Waals surface area contributed by atoms with Crippen molar-refractivity contribution in [3.63, 3.8) is 0 Å². The summed E-state index contributed by atoms with van der Waals surface area (Å²) in [5, 5.41) is 3.49. The van der Waals surface area contributed by atoms with Crippen LogP contribution in [0.2, 0.25) is 5.02 Å². The molecule has 1 amide bonds. The lowest BCUT2D eigenvalue weighted by Gasteiger charge is -2.20. The van der Waals surface area contributed by atoms with Gasteiger partial charge in [0.2, 0.25) is 0 Å². The number of nitrogens with zero attached hydrogens (tertiary/aromatic N) is 1. The van der Waals surface area contributed by atoms with Crippen molar-refractivity contribution in [1.82, 2.24) is 10.2 Å². The van der Waals surface area contributed by atoms with Crippen molar-refractivity contribution in [3.8, 4) is 0 Å². The highest BCUT2D eigenvalue weighted by molar-refractivity contribution is 9.10. The van der Waals surface area contributed by atoms with Crippen molar-refractivity contribution < 1.29 is 4.79 Å². The Morgan fingerprint density at radius 1 is 1.38 bits per heavy atom. The quantitative estimate of drug-likeness (QED) is 0.733. The Hall–Kier alpha value is -0.580. The smallest absolute Gasteiger partial charge is 0.253 e. The average Bonchev–Trinajstić information content (AvgIpc) is 2.46. The van der Waals surface area contributed by atoms with E-state index >= 15 is 0 Å². The molecule has 3 nitrogen and oxygen atoms in total. The van der Waals surface area contributed by atoms with Crippen LogP contribution in [0.1, 0.15) is 44.0 Å². The normalized spacial score (nSPS) is 12.5. The van der Waals surface area contributed by atoms with E-state index in [1.54, 1.807) is 12.1 Å². The summed E-state index contributed by atoms with van der Waals surface area (Å²) in [7, 11) is 0. The topological polar surface area (TPSA) is 32.3 Å². The van der Waals surface area contributed by atoms with Crippen molar-refractivity contribution in [2.75, 3.05) is 19.6 Å². The first-order valence-electron chi connectivity index (χ1n) is 7.46. The molecule has 0 fully saturated rings. The van der Waals surface area contributed by atoms with Gasteiger partial charge in [-0.15, -0.1) is 0 Å². The predicted molar refractivity (Wildman–Crippen MR) is 93.1 cm³/mol. The molecule has 1 aromatic rings. The molecule has 0 heterocycles. The number of halogens is 2. The molecule has 21 heavy (non-hydrogen) atoms. The van der Waals surface area contributed by atoms with E-state index < -0.39 is 0 Å². The Labute approximate surface area is 141 Å². The first-order chi connectivity index (χ1) is 9.97. The summed E-state index contributed by atoms with van der Waals surface area (Å²) >= 11 is 9.43. The third-order valence-electron chi connectivity index (χ3n) is 3.56. The predicted octanol–water partition coefficient (Wildman–Crippen LogP) is 4.34. The molecule has 1 unspecified atom stereocenters. The van der Waals surface area contributed by atoms with Crippen LogP contribution in [-0.2, 0) is 0 Å². The van der Waals surface area contributed by atoms with Gasteiger partial charge < -0.3 is 10.2 Å². The third-order valence-corrected chi connectivity index (χ3v) is 4.38. The second kappa shape index (κ2) is 9.44. The summed E-state index contributed by atoms with van der Waals surface area (Å²) in [6.45, 7) is 9.60. The number of amides is 1. The Bertz CT molecular complexity index is 464. The van der Waals surface area contributed by atoms with E-state index in [1.165, 1.54) is 0 Å². The van der Waals surface area contributed by atoms with Crippen LogP contribution in [0.25, 0.3) is 0 Å². The SMILES string of the molecule is CCN(CC)CCCC(C)NC(=O)c1cc(Br)ccc1Cl. The number of hydrogen-bond acceptors (Lipinski definition) is 2. The lowest BCUT2D eigenvalue weighted by atomic mass is 10.1. The highest BCUT2D eigenvalue weighted by atomic mass is 79.9. The fourth-order valence-electron chi connectivity index (χ4n) is 2.21. The molecular weight excluding hydrogens is 352 g/mol. The van der Waals surface area contributed by atoms with Crippen LogP contribution in [0.15, 0.2) is 22.7 Å². The van der Waals surface area contributed by atoms with Gasteiger partial charge in [0.15, 0.2) is 0 Å². The second-order valence-corrected chi connectivity index (χ2v) is 6.49. The highest BCUT2D eigenvalue weighted by Crippen LogP contribution is 2.21. The molecule has 1 aromatic carbocycles. The summed E-state index contributed by atoms with van der Waals surface area (Å²) in [6, 6.07) is 5.45. The maximum atomic E-state index is 12.2. The standard InChI is InChI=1S/C16H24BrClN2O/c1-4-20(5-2)10-6-7-12(3)19-16(21)14-11-13(17)8-9-15(14)18/h8-9,11-12H,4-7,10H2,1-3H3,(H,19,21). The molecular formula is C16H24BrClN2O. The first-order valence-corrected chi connectivity index (χ1v) is 8.63. The minimum absolute atomic E-state index is 0.114. The molecule has 0 aliphatic carbocycles. The monoisotopic (exact) mass is 374 g/mol. The molecule has 0 bridgehead atoms. The average molecular weight is 376 g/mol. The lowest BCUT2D eigenvalue weighted by molar-refractivity contribution is 0.0937. The van der Waals surface area contributed by atoms with E-state index in [0.29, 0.717) is 10.6 Å². The lowest BCUT2D eigenvalue weighted by Crippen LogP contribution is -2.33. The van der Waals surface area contributed by atoms with Crippen LogP contribution in [0, 0.1) is 0 Å². The zero-order valence-electron chi connectivity index (χ0n) is 13.0. The van der Waals surface area contributed by atoms with Crippen molar-refractivity contribution in [2.45, 2.75) is 39.7 Å². The highest BCUT2D eigenvalue weighted by Gasteiger charge is 2.13. The molecule has 118 valence electrons. The molecule has 0 aromatic heterocycles. The molecule has 0 aliphatic heterocycles. The van der Waals surface area contributed by atoms with Gasteiger partial charge in [-0.25, -0.2) is 0 Å². The fourth-order valence-corrected chi connectivity index (χ4v) is 2.77.